The topological polar surface area (TPSA) is 62.7 Å². The fraction of sp³-hybridized carbons (Fsp3) is 0.758. The van der Waals surface area contributed by atoms with E-state index >= 15 is 0 Å². The Bertz CT molecular complexity index is 866. The molecule has 2 fully saturated rings. The van der Waals surface area contributed by atoms with Crippen LogP contribution in [-0.4, -0.2) is 30.6 Å². The number of esters is 1. The molecule has 0 radical (unpaired) electrons. The van der Waals surface area contributed by atoms with E-state index in [4.69, 9.17) is 9.73 Å². The van der Waals surface area contributed by atoms with Gasteiger partial charge in [0.1, 0.15) is 0 Å². The molecule has 2 aliphatic rings. The molecule has 5 heteroatoms. The highest BCUT2D eigenvalue weighted by Gasteiger charge is 2.22. The average Bonchev–Trinajstić information content (AvgIpc) is 2.86. The fourth-order valence-corrected chi connectivity index (χ4v) is 5.46. The fourth-order valence-electron chi connectivity index (χ4n) is 5.46. The maximum atomic E-state index is 12.7. The molecule has 214 valence electrons. The Labute approximate surface area is 233 Å². The predicted octanol–water partition coefficient (Wildman–Crippen LogP) is 7.70. The van der Waals surface area contributed by atoms with Crippen molar-refractivity contribution in [2.45, 2.75) is 154 Å². The number of carbonyl (C=O) groups is 1. The molecule has 3 rings (SSSR count). The van der Waals surface area contributed by atoms with E-state index in [1.165, 1.54) is 55.2 Å². The molecule has 2 N–H and O–H groups in total. The van der Waals surface area contributed by atoms with Gasteiger partial charge >= 0.3 is 5.97 Å². The minimum atomic E-state index is -0.157. The maximum Gasteiger partial charge on any atom is 0.313 e. The van der Waals surface area contributed by atoms with Gasteiger partial charge in [0.2, 0.25) is 0 Å². The number of nitrogens with one attached hydrogen (secondary N) is 2. The molecule has 0 aromatic heterocycles. The third-order valence-electron chi connectivity index (χ3n) is 8.06. The molecule has 2 saturated carbocycles. The van der Waals surface area contributed by atoms with Gasteiger partial charge in [0.25, 0.3) is 6.02 Å². The predicted molar refractivity (Wildman–Crippen MR) is 160 cm³/mol. The van der Waals surface area contributed by atoms with Gasteiger partial charge in [0, 0.05) is 19.0 Å². The first kappa shape index (κ1) is 30.7. The van der Waals surface area contributed by atoms with Gasteiger partial charge in [-0.1, -0.05) is 98.3 Å². The summed E-state index contributed by atoms with van der Waals surface area (Å²) in [6, 6.07) is 8.21. The van der Waals surface area contributed by atoms with Gasteiger partial charge in [0.05, 0.1) is 6.04 Å². The maximum absolute atomic E-state index is 12.7. The van der Waals surface area contributed by atoms with Crippen LogP contribution in [0, 0.1) is 0 Å². The average molecular weight is 526 g/mol. The van der Waals surface area contributed by atoms with Crippen molar-refractivity contribution in [1.29, 1.82) is 0 Å². The van der Waals surface area contributed by atoms with Gasteiger partial charge in [-0.3, -0.25) is 4.79 Å². The van der Waals surface area contributed by atoms with E-state index in [2.05, 4.69) is 70.4 Å². The third kappa shape index (κ3) is 10.7. The van der Waals surface area contributed by atoms with Crippen molar-refractivity contribution in [3.05, 3.63) is 34.9 Å². The quantitative estimate of drug-likeness (QED) is 0.150. The molecular weight excluding hydrogens is 470 g/mol. The largest absolute Gasteiger partial charge is 0.393 e. The number of aliphatic imine (C=N–C) groups is 1. The van der Waals surface area contributed by atoms with Gasteiger partial charge in [-0.2, -0.15) is 0 Å². The summed E-state index contributed by atoms with van der Waals surface area (Å²) in [4.78, 5) is 17.5. The lowest BCUT2D eigenvalue weighted by Crippen LogP contribution is -2.39. The van der Waals surface area contributed by atoms with Crippen LogP contribution >= 0.6 is 0 Å². The number of hydrogen-bond donors (Lipinski definition) is 2. The standard InChI is InChI=1S/C33H55N3O2/c1-32(2,3)26-21-25(22-27(23-26)33(4,5)6)24-34-20-14-13-19-30(37)38-31(35-28-15-9-7-10-16-28)36-29-17-11-8-12-18-29/h21-23,28-29,34H,7-20,24H2,1-6H3,(H,35,36). The molecule has 1 aromatic rings. The molecule has 0 saturated heterocycles. The summed E-state index contributed by atoms with van der Waals surface area (Å²) >= 11 is 0. The first-order valence-corrected chi connectivity index (χ1v) is 15.4. The lowest BCUT2D eigenvalue weighted by Gasteiger charge is -2.26. The summed E-state index contributed by atoms with van der Waals surface area (Å²) in [5, 5.41) is 7.08. The van der Waals surface area contributed by atoms with Crippen LogP contribution in [0.25, 0.3) is 0 Å². The molecule has 0 heterocycles. The molecule has 38 heavy (non-hydrogen) atoms. The molecule has 0 aliphatic heterocycles. The van der Waals surface area contributed by atoms with Crippen LogP contribution in [0.5, 0.6) is 0 Å². The van der Waals surface area contributed by atoms with E-state index in [0.29, 0.717) is 24.5 Å². The van der Waals surface area contributed by atoms with E-state index in [-0.39, 0.29) is 16.8 Å². The Hall–Kier alpha value is -1.88. The third-order valence-corrected chi connectivity index (χ3v) is 8.06. The lowest BCUT2D eigenvalue weighted by molar-refractivity contribution is -0.136. The second kappa shape index (κ2) is 14.5. The molecule has 1 aromatic carbocycles. The van der Waals surface area contributed by atoms with E-state index in [0.717, 1.165) is 51.6 Å². The van der Waals surface area contributed by atoms with E-state index in [1.807, 2.05) is 0 Å². The van der Waals surface area contributed by atoms with Gasteiger partial charge in [0.15, 0.2) is 0 Å². The van der Waals surface area contributed by atoms with Crippen molar-refractivity contribution in [3.63, 3.8) is 0 Å². The highest BCUT2D eigenvalue weighted by molar-refractivity contribution is 5.87. The van der Waals surface area contributed by atoms with Gasteiger partial charge < -0.3 is 15.4 Å². The normalized spacial score (nSPS) is 18.4. The van der Waals surface area contributed by atoms with E-state index in [9.17, 15) is 4.79 Å². The van der Waals surface area contributed by atoms with E-state index < -0.39 is 0 Å². The minimum absolute atomic E-state index is 0.126. The molecule has 0 atom stereocenters. The number of carbonyl (C=O) groups excluding carboxylic acids is 1. The molecule has 0 spiro atoms. The van der Waals surface area contributed by atoms with Crippen LogP contribution in [0.4, 0.5) is 0 Å². The van der Waals surface area contributed by atoms with Crippen molar-refractivity contribution >= 4 is 12.0 Å². The van der Waals surface area contributed by atoms with Crippen LogP contribution in [0.1, 0.15) is 142 Å². The zero-order valence-corrected chi connectivity index (χ0v) is 25.3. The number of ether oxygens (including phenoxy) is 1. The summed E-state index contributed by atoms with van der Waals surface area (Å²) in [6.07, 6.45) is 14.2. The van der Waals surface area contributed by atoms with Crippen LogP contribution in [-0.2, 0) is 26.9 Å². The summed E-state index contributed by atoms with van der Waals surface area (Å²) in [7, 11) is 0. The number of hydrogen-bond acceptors (Lipinski definition) is 4. The molecule has 0 bridgehead atoms. The summed E-state index contributed by atoms with van der Waals surface area (Å²) < 4.78 is 5.80. The van der Waals surface area contributed by atoms with Crippen molar-refractivity contribution in [2.24, 2.45) is 4.99 Å². The van der Waals surface area contributed by atoms with Gasteiger partial charge in [-0.25, -0.2) is 4.99 Å². The van der Waals surface area contributed by atoms with Crippen molar-refractivity contribution in [1.82, 2.24) is 10.6 Å². The Morgan fingerprint density at radius 2 is 1.42 bits per heavy atom. The molecule has 0 amide bonds. The highest BCUT2D eigenvalue weighted by Crippen LogP contribution is 2.30. The summed E-state index contributed by atoms with van der Waals surface area (Å²) in [5.74, 6) is -0.157. The zero-order valence-electron chi connectivity index (χ0n) is 25.3. The van der Waals surface area contributed by atoms with Crippen molar-refractivity contribution in [3.8, 4) is 0 Å². The van der Waals surface area contributed by atoms with Crippen molar-refractivity contribution < 1.29 is 9.53 Å². The molecular formula is C33H55N3O2. The number of rotatable bonds is 9. The number of benzene rings is 1. The van der Waals surface area contributed by atoms with E-state index in [1.54, 1.807) is 0 Å². The van der Waals surface area contributed by atoms with Gasteiger partial charge in [-0.05, 0) is 72.6 Å². The molecule has 0 unspecified atom stereocenters. The Morgan fingerprint density at radius 3 is 2.00 bits per heavy atom. The minimum Gasteiger partial charge on any atom is -0.393 e. The Morgan fingerprint density at radius 1 is 0.842 bits per heavy atom. The lowest BCUT2D eigenvalue weighted by atomic mass is 9.79. The smallest absolute Gasteiger partial charge is 0.313 e. The van der Waals surface area contributed by atoms with Crippen LogP contribution in [0.15, 0.2) is 23.2 Å². The Balaban J connectivity index is 1.44. The van der Waals surface area contributed by atoms with Crippen LogP contribution in [0.2, 0.25) is 0 Å². The first-order valence-electron chi connectivity index (χ1n) is 15.4. The zero-order chi connectivity index (χ0) is 27.6. The number of amidine groups is 1. The SMILES string of the molecule is CC(C)(C)c1cc(CNCCCCC(=O)OC(=NC2CCCCC2)NC2CCCCC2)cc(C(C)(C)C)c1. The highest BCUT2D eigenvalue weighted by atomic mass is 16.6. The second-order valence-electron chi connectivity index (χ2n) is 13.7. The monoisotopic (exact) mass is 525 g/mol. The number of unbranched alkanes of at least 4 members (excludes halogenated alkanes) is 1. The summed E-state index contributed by atoms with van der Waals surface area (Å²) in [5.41, 5.74) is 4.36. The Kier molecular flexibility index (Phi) is 11.7. The van der Waals surface area contributed by atoms with Crippen LogP contribution < -0.4 is 10.6 Å². The van der Waals surface area contributed by atoms with Crippen LogP contribution in [0.3, 0.4) is 0 Å². The molecule has 2 aliphatic carbocycles. The number of nitrogens with zero attached hydrogens (tertiary/aromatic N) is 1. The second-order valence-corrected chi connectivity index (χ2v) is 13.7. The van der Waals surface area contributed by atoms with Crippen molar-refractivity contribution in [2.75, 3.05) is 6.54 Å². The van der Waals surface area contributed by atoms with Gasteiger partial charge in [-0.15, -0.1) is 0 Å². The first-order chi connectivity index (χ1) is 18.0. The molecule has 5 nitrogen and oxygen atoms in total. The summed E-state index contributed by atoms with van der Waals surface area (Å²) in [6.45, 7) is 15.4.